The van der Waals surface area contributed by atoms with Crippen LogP contribution in [0.4, 0.5) is 5.69 Å². The van der Waals surface area contributed by atoms with Crippen molar-refractivity contribution in [2.75, 3.05) is 12.8 Å². The van der Waals surface area contributed by atoms with Crippen LogP contribution in [0.1, 0.15) is 138 Å². The molecule has 0 saturated heterocycles. The highest BCUT2D eigenvalue weighted by molar-refractivity contribution is 5.73. The number of phenolic OH excluding ortho intramolecular Hbond substituents is 1. The predicted octanol–water partition coefficient (Wildman–Crippen LogP) is 9.06. The third-order valence-electron chi connectivity index (χ3n) is 12.0. The molecule has 2 fully saturated rings. The Labute approximate surface area is 272 Å². The average Bonchev–Trinajstić information content (AvgIpc) is 3.28. The molecule has 5 nitrogen and oxygen atoms in total. The third kappa shape index (κ3) is 8.44. The Morgan fingerprint density at radius 2 is 1.58 bits per heavy atom. The minimum atomic E-state index is -0.226. The van der Waals surface area contributed by atoms with Gasteiger partial charge in [-0.3, -0.25) is 4.79 Å². The number of hydrogen-bond donors (Lipinski definition) is 3. The summed E-state index contributed by atoms with van der Waals surface area (Å²) in [5.41, 5.74) is 11.8. The lowest BCUT2D eigenvalue weighted by Crippen LogP contribution is -2.44. The van der Waals surface area contributed by atoms with Crippen LogP contribution in [0.15, 0.2) is 36.4 Å². The summed E-state index contributed by atoms with van der Waals surface area (Å²) in [6.45, 7) is 2.40. The lowest BCUT2D eigenvalue weighted by atomic mass is 9.55. The Morgan fingerprint density at radius 3 is 2.29 bits per heavy atom. The number of rotatable bonds is 16. The Morgan fingerprint density at radius 1 is 0.911 bits per heavy atom. The number of anilines is 1. The van der Waals surface area contributed by atoms with Gasteiger partial charge in [-0.15, -0.1) is 0 Å². The number of aryl methyl sites for hydroxylation is 2. The second kappa shape index (κ2) is 15.8. The molecule has 3 aliphatic carbocycles. The number of phenols is 1. The van der Waals surface area contributed by atoms with Crippen molar-refractivity contribution in [2.24, 2.45) is 23.2 Å². The number of esters is 1. The number of methoxy groups -OCH3 is 1. The first-order valence-electron chi connectivity index (χ1n) is 18.2. The molecule has 45 heavy (non-hydrogen) atoms. The van der Waals surface area contributed by atoms with Gasteiger partial charge in [-0.05, 0) is 127 Å². The number of aliphatic hydroxyl groups is 1. The van der Waals surface area contributed by atoms with Gasteiger partial charge in [-0.1, -0.05) is 83.3 Å². The number of ether oxygens (including phenoxy) is 1. The molecule has 0 aliphatic heterocycles. The van der Waals surface area contributed by atoms with Crippen molar-refractivity contribution < 1.29 is 19.7 Å². The van der Waals surface area contributed by atoms with E-state index in [0.717, 1.165) is 36.9 Å². The van der Waals surface area contributed by atoms with Crippen molar-refractivity contribution in [3.8, 4) is 5.75 Å². The Balaban J connectivity index is 0.906. The summed E-state index contributed by atoms with van der Waals surface area (Å²) >= 11 is 0. The van der Waals surface area contributed by atoms with Gasteiger partial charge in [0, 0.05) is 5.69 Å². The van der Waals surface area contributed by atoms with E-state index < -0.39 is 0 Å². The predicted molar refractivity (Wildman–Crippen MR) is 183 cm³/mol. The second-order valence-electron chi connectivity index (χ2n) is 15.0. The number of fused-ring (bicyclic) bond motifs is 5. The zero-order valence-electron chi connectivity index (χ0n) is 28.1. The smallest absolute Gasteiger partial charge is 0.309 e. The lowest BCUT2D eigenvalue weighted by Gasteiger charge is -2.50. The minimum absolute atomic E-state index is 0.0884. The maximum Gasteiger partial charge on any atom is 0.309 e. The molecule has 5 rings (SSSR count). The molecule has 0 radical (unpaired) electrons. The van der Waals surface area contributed by atoms with Crippen LogP contribution < -0.4 is 5.73 Å². The van der Waals surface area contributed by atoms with Gasteiger partial charge < -0.3 is 20.7 Å². The summed E-state index contributed by atoms with van der Waals surface area (Å²) in [5.74, 6) is 2.59. The van der Waals surface area contributed by atoms with E-state index in [4.69, 9.17) is 10.5 Å². The SMILES string of the molecule is COC(=O)Cc1cc(N)cc(CCCCCCCCCCCCC[C@H]2C[C@H]3[C@@H]4CCc5cc(O)ccc5[C@H]4CC[C@]3(C)[C@H]2O)c1. The zero-order valence-corrected chi connectivity index (χ0v) is 28.1. The molecular weight excluding hydrogens is 558 g/mol. The van der Waals surface area contributed by atoms with Crippen molar-refractivity contribution in [1.29, 1.82) is 0 Å². The van der Waals surface area contributed by atoms with Gasteiger partial charge in [0.1, 0.15) is 5.75 Å². The van der Waals surface area contributed by atoms with Crippen molar-refractivity contribution in [3.05, 3.63) is 58.7 Å². The van der Waals surface area contributed by atoms with Gasteiger partial charge in [0.2, 0.25) is 0 Å². The van der Waals surface area contributed by atoms with Gasteiger partial charge in [0.25, 0.3) is 0 Å². The van der Waals surface area contributed by atoms with E-state index in [1.165, 1.54) is 114 Å². The van der Waals surface area contributed by atoms with Crippen LogP contribution in [-0.4, -0.2) is 29.4 Å². The maximum absolute atomic E-state index is 11.6. The number of carbonyl (C=O) groups excluding carboxylic acids is 1. The van der Waals surface area contributed by atoms with Crippen LogP contribution in [0.5, 0.6) is 5.75 Å². The van der Waals surface area contributed by atoms with Crippen molar-refractivity contribution in [1.82, 2.24) is 0 Å². The Bertz CT molecular complexity index is 1260. The largest absolute Gasteiger partial charge is 0.508 e. The number of hydrogen-bond acceptors (Lipinski definition) is 5. The normalized spacial score (nSPS) is 27.0. The Hall–Kier alpha value is -2.53. The van der Waals surface area contributed by atoms with Crippen molar-refractivity contribution in [2.45, 2.75) is 141 Å². The fraction of sp³-hybridized carbons (Fsp3) is 0.675. The molecular formula is C40H59NO4. The van der Waals surface area contributed by atoms with E-state index in [9.17, 15) is 15.0 Å². The molecule has 2 aromatic carbocycles. The summed E-state index contributed by atoms with van der Waals surface area (Å²) in [6.07, 6.45) is 22.4. The van der Waals surface area contributed by atoms with Crippen molar-refractivity contribution >= 4 is 11.7 Å². The molecule has 0 aromatic heterocycles. The summed E-state index contributed by atoms with van der Waals surface area (Å²) in [5, 5.41) is 21.5. The summed E-state index contributed by atoms with van der Waals surface area (Å²) in [4.78, 5) is 11.6. The summed E-state index contributed by atoms with van der Waals surface area (Å²) in [7, 11) is 1.42. The molecule has 0 unspecified atom stereocenters. The molecule has 0 amide bonds. The van der Waals surface area contributed by atoms with E-state index in [-0.39, 0.29) is 23.9 Å². The van der Waals surface area contributed by atoms with Crippen LogP contribution >= 0.6 is 0 Å². The van der Waals surface area contributed by atoms with Gasteiger partial charge in [-0.25, -0.2) is 0 Å². The van der Waals surface area contributed by atoms with Crippen LogP contribution in [0.2, 0.25) is 0 Å². The number of carbonyl (C=O) groups is 1. The van der Waals surface area contributed by atoms with Crippen LogP contribution in [-0.2, 0) is 28.8 Å². The highest BCUT2D eigenvalue weighted by Gasteiger charge is 2.57. The van der Waals surface area contributed by atoms with Crippen LogP contribution in [0, 0.1) is 23.2 Å². The molecule has 3 aliphatic rings. The van der Waals surface area contributed by atoms with E-state index in [1.807, 2.05) is 24.3 Å². The highest BCUT2D eigenvalue weighted by Crippen LogP contribution is 2.62. The topological polar surface area (TPSA) is 92.8 Å². The fourth-order valence-electron chi connectivity index (χ4n) is 9.60. The van der Waals surface area contributed by atoms with E-state index in [1.54, 1.807) is 0 Å². The number of aliphatic hydroxyl groups excluding tert-OH is 1. The third-order valence-corrected chi connectivity index (χ3v) is 12.0. The fourth-order valence-corrected chi connectivity index (χ4v) is 9.60. The van der Waals surface area contributed by atoms with Gasteiger partial charge in [-0.2, -0.15) is 0 Å². The monoisotopic (exact) mass is 617 g/mol. The molecule has 4 N–H and O–H groups in total. The maximum atomic E-state index is 11.6. The summed E-state index contributed by atoms with van der Waals surface area (Å²) in [6, 6.07) is 12.0. The van der Waals surface area contributed by atoms with Crippen molar-refractivity contribution in [3.63, 3.8) is 0 Å². The van der Waals surface area contributed by atoms with E-state index >= 15 is 0 Å². The number of benzene rings is 2. The van der Waals surface area contributed by atoms with Crippen LogP contribution in [0.3, 0.4) is 0 Å². The lowest BCUT2D eigenvalue weighted by molar-refractivity contribution is -0.139. The molecule has 2 saturated carbocycles. The van der Waals surface area contributed by atoms with E-state index in [0.29, 0.717) is 29.4 Å². The quantitative estimate of drug-likeness (QED) is 0.0993. The highest BCUT2D eigenvalue weighted by atomic mass is 16.5. The second-order valence-corrected chi connectivity index (χ2v) is 15.0. The number of nitrogens with two attached hydrogens (primary N) is 1. The first kappa shape index (κ1) is 33.8. The van der Waals surface area contributed by atoms with Crippen LogP contribution in [0.25, 0.3) is 0 Å². The zero-order chi connectivity index (χ0) is 31.8. The summed E-state index contributed by atoms with van der Waals surface area (Å²) < 4.78 is 4.78. The molecule has 0 heterocycles. The Kier molecular flexibility index (Phi) is 11.9. The number of aromatic hydroxyl groups is 1. The molecule has 0 spiro atoms. The molecule has 5 heteroatoms. The molecule has 6 atom stereocenters. The molecule has 2 aromatic rings. The van der Waals surface area contributed by atoms with E-state index in [2.05, 4.69) is 19.1 Å². The van der Waals surface area contributed by atoms with Gasteiger partial charge >= 0.3 is 5.97 Å². The van der Waals surface area contributed by atoms with Gasteiger partial charge in [0.05, 0.1) is 19.6 Å². The average molecular weight is 618 g/mol. The minimum Gasteiger partial charge on any atom is -0.508 e. The number of unbranched alkanes of at least 4 members (excludes halogenated alkanes) is 10. The standard InChI is InChI=1S/C40H59NO4/c1-40-21-20-35-34-19-17-33(42)26-30(34)16-18-36(35)37(40)27-31(39(40)44)15-13-11-9-7-5-3-4-6-8-10-12-14-28-22-29(24-32(41)23-28)25-38(43)45-2/h17,19,22-24,26,31,35-37,39,42,44H,3-16,18,20-21,25,27,41H2,1-2H3/t31-,35+,36+,37-,39-,40-/m0/s1. The van der Waals surface area contributed by atoms with Gasteiger partial charge in [0.15, 0.2) is 0 Å². The first-order valence-corrected chi connectivity index (χ1v) is 18.2. The molecule has 248 valence electrons. The first-order chi connectivity index (χ1) is 21.8. The molecule has 0 bridgehead atoms. The number of nitrogen functional groups attached to an aromatic ring is 1.